The molecule has 0 saturated carbocycles. The van der Waals surface area contributed by atoms with Crippen molar-refractivity contribution in [3.05, 3.63) is 52.8 Å². The summed E-state index contributed by atoms with van der Waals surface area (Å²) in [6, 6.07) is 10.5. The molecule has 2 aromatic rings. The first-order valence-corrected chi connectivity index (χ1v) is 5.49. The van der Waals surface area contributed by atoms with Crippen LogP contribution in [0.15, 0.2) is 30.3 Å². The summed E-state index contributed by atoms with van der Waals surface area (Å²) >= 11 is 0. The third-order valence-electron chi connectivity index (χ3n) is 3.00. The number of hydrogen-bond donors (Lipinski definition) is 1. The molecule has 1 aromatic carbocycles. The van der Waals surface area contributed by atoms with Crippen LogP contribution in [-0.2, 0) is 6.61 Å². The first-order chi connectivity index (χ1) is 7.63. The van der Waals surface area contributed by atoms with Gasteiger partial charge in [0, 0.05) is 17.1 Å². The number of rotatable bonds is 2. The molecule has 16 heavy (non-hydrogen) atoms. The molecule has 0 radical (unpaired) electrons. The first kappa shape index (κ1) is 11.0. The van der Waals surface area contributed by atoms with Gasteiger partial charge in [-0.3, -0.25) is 0 Å². The number of nitrogens with zero attached hydrogens (tertiary/aromatic N) is 1. The third-order valence-corrected chi connectivity index (χ3v) is 3.00. The lowest BCUT2D eigenvalue weighted by Crippen LogP contribution is -1.99. The smallest absolute Gasteiger partial charge is 0.0699 e. The van der Waals surface area contributed by atoms with E-state index in [-0.39, 0.29) is 6.61 Å². The average Bonchev–Trinajstić information content (AvgIpc) is 2.56. The van der Waals surface area contributed by atoms with E-state index in [0.29, 0.717) is 0 Å². The second kappa shape index (κ2) is 4.14. The molecule has 0 atom stereocenters. The second-order valence-corrected chi connectivity index (χ2v) is 4.23. The van der Waals surface area contributed by atoms with Gasteiger partial charge in [0.25, 0.3) is 0 Å². The zero-order valence-corrected chi connectivity index (χ0v) is 9.99. The van der Waals surface area contributed by atoms with Crippen LogP contribution in [-0.4, -0.2) is 9.67 Å². The lowest BCUT2D eigenvalue weighted by atomic mass is 10.2. The van der Waals surface area contributed by atoms with Gasteiger partial charge in [0.1, 0.15) is 0 Å². The Labute approximate surface area is 96.2 Å². The van der Waals surface area contributed by atoms with Crippen LogP contribution >= 0.6 is 0 Å². The molecule has 2 nitrogen and oxygen atoms in total. The van der Waals surface area contributed by atoms with Crippen molar-refractivity contribution in [2.45, 2.75) is 27.4 Å². The van der Waals surface area contributed by atoms with Gasteiger partial charge in [0.2, 0.25) is 0 Å². The third kappa shape index (κ3) is 1.76. The van der Waals surface area contributed by atoms with Crippen LogP contribution in [0.2, 0.25) is 0 Å². The molecule has 2 heteroatoms. The maximum Gasteiger partial charge on any atom is 0.0699 e. The largest absolute Gasteiger partial charge is 0.392 e. The van der Waals surface area contributed by atoms with Gasteiger partial charge in [0.15, 0.2) is 0 Å². The molecule has 0 aliphatic heterocycles. The zero-order valence-electron chi connectivity index (χ0n) is 9.99. The van der Waals surface area contributed by atoms with Crippen molar-refractivity contribution in [2.24, 2.45) is 0 Å². The molecule has 1 aromatic heterocycles. The van der Waals surface area contributed by atoms with E-state index in [1.807, 2.05) is 13.0 Å². The van der Waals surface area contributed by atoms with Crippen LogP contribution in [0.5, 0.6) is 0 Å². The number of aliphatic hydroxyl groups excluding tert-OH is 1. The molecule has 84 valence electrons. The fraction of sp³-hybridized carbons (Fsp3) is 0.286. The molecule has 0 aliphatic carbocycles. The Kier molecular flexibility index (Phi) is 2.84. The van der Waals surface area contributed by atoms with Gasteiger partial charge in [-0.15, -0.1) is 0 Å². The van der Waals surface area contributed by atoms with E-state index in [0.717, 1.165) is 22.6 Å². The SMILES string of the molecule is Cc1ccc(-n2c(C)cc(CO)c2C)cc1. The fourth-order valence-electron chi connectivity index (χ4n) is 2.08. The molecular weight excluding hydrogens is 198 g/mol. The summed E-state index contributed by atoms with van der Waals surface area (Å²) < 4.78 is 2.17. The summed E-state index contributed by atoms with van der Waals surface area (Å²) in [7, 11) is 0. The van der Waals surface area contributed by atoms with Crippen LogP contribution < -0.4 is 0 Å². The van der Waals surface area contributed by atoms with Gasteiger partial charge in [0.05, 0.1) is 6.61 Å². The molecule has 0 fully saturated rings. The van der Waals surface area contributed by atoms with E-state index >= 15 is 0 Å². The quantitative estimate of drug-likeness (QED) is 0.818. The highest BCUT2D eigenvalue weighted by Crippen LogP contribution is 2.20. The molecule has 0 aliphatic rings. The van der Waals surface area contributed by atoms with E-state index < -0.39 is 0 Å². The van der Waals surface area contributed by atoms with Gasteiger partial charge in [-0.2, -0.15) is 0 Å². The topological polar surface area (TPSA) is 25.2 Å². The fourth-order valence-corrected chi connectivity index (χ4v) is 2.08. The molecule has 1 N–H and O–H groups in total. The minimum atomic E-state index is 0.103. The Hall–Kier alpha value is -1.54. The summed E-state index contributed by atoms with van der Waals surface area (Å²) in [5.74, 6) is 0. The van der Waals surface area contributed by atoms with Crippen molar-refractivity contribution in [1.29, 1.82) is 0 Å². The predicted octanol–water partition coefficient (Wildman–Crippen LogP) is 2.89. The van der Waals surface area contributed by atoms with Crippen LogP contribution in [0.3, 0.4) is 0 Å². The normalized spacial score (nSPS) is 10.8. The highest BCUT2D eigenvalue weighted by Gasteiger charge is 2.09. The average molecular weight is 215 g/mol. The van der Waals surface area contributed by atoms with E-state index in [1.54, 1.807) is 0 Å². The van der Waals surface area contributed by atoms with Crippen LogP contribution in [0.4, 0.5) is 0 Å². The van der Waals surface area contributed by atoms with Crippen LogP contribution in [0.1, 0.15) is 22.5 Å². The molecule has 0 saturated heterocycles. The van der Waals surface area contributed by atoms with Gasteiger partial charge in [-0.25, -0.2) is 0 Å². The Morgan fingerprint density at radius 3 is 2.19 bits per heavy atom. The van der Waals surface area contributed by atoms with Crippen LogP contribution in [0.25, 0.3) is 5.69 Å². The zero-order chi connectivity index (χ0) is 11.7. The van der Waals surface area contributed by atoms with Crippen molar-refractivity contribution in [1.82, 2.24) is 4.57 Å². The van der Waals surface area contributed by atoms with E-state index in [1.165, 1.54) is 5.56 Å². The number of aliphatic hydroxyl groups is 1. The highest BCUT2D eigenvalue weighted by atomic mass is 16.3. The Morgan fingerprint density at radius 1 is 1.06 bits per heavy atom. The number of benzene rings is 1. The Morgan fingerprint density at radius 2 is 1.69 bits per heavy atom. The lowest BCUT2D eigenvalue weighted by molar-refractivity contribution is 0.281. The maximum atomic E-state index is 9.23. The van der Waals surface area contributed by atoms with E-state index in [2.05, 4.69) is 42.7 Å². The van der Waals surface area contributed by atoms with Crippen molar-refractivity contribution >= 4 is 0 Å². The molecule has 0 bridgehead atoms. The molecule has 0 unspecified atom stereocenters. The van der Waals surface area contributed by atoms with Gasteiger partial charge in [-0.1, -0.05) is 17.7 Å². The van der Waals surface area contributed by atoms with Crippen molar-refractivity contribution in [3.63, 3.8) is 0 Å². The Bertz CT molecular complexity index is 494. The first-order valence-electron chi connectivity index (χ1n) is 5.49. The summed E-state index contributed by atoms with van der Waals surface area (Å²) in [5.41, 5.74) is 5.68. The van der Waals surface area contributed by atoms with Crippen molar-refractivity contribution < 1.29 is 5.11 Å². The summed E-state index contributed by atoms with van der Waals surface area (Å²) in [4.78, 5) is 0. The molecule has 1 heterocycles. The minimum absolute atomic E-state index is 0.103. The highest BCUT2D eigenvalue weighted by molar-refractivity contribution is 5.41. The monoisotopic (exact) mass is 215 g/mol. The molecule has 0 amide bonds. The van der Waals surface area contributed by atoms with Gasteiger partial charge >= 0.3 is 0 Å². The van der Waals surface area contributed by atoms with E-state index in [4.69, 9.17) is 0 Å². The summed E-state index contributed by atoms with van der Waals surface area (Å²) in [6.07, 6.45) is 0. The molecule has 0 spiro atoms. The number of hydrogen-bond acceptors (Lipinski definition) is 1. The number of aryl methyl sites for hydroxylation is 2. The minimum Gasteiger partial charge on any atom is -0.392 e. The molecule has 2 rings (SSSR count). The predicted molar refractivity (Wildman–Crippen MR) is 65.9 cm³/mol. The second-order valence-electron chi connectivity index (χ2n) is 4.23. The van der Waals surface area contributed by atoms with E-state index in [9.17, 15) is 5.11 Å². The standard InChI is InChI=1S/C14H17NO/c1-10-4-6-14(7-5-10)15-11(2)8-13(9-16)12(15)3/h4-8,16H,9H2,1-3H3. The summed E-state index contributed by atoms with van der Waals surface area (Å²) in [5, 5.41) is 9.23. The van der Waals surface area contributed by atoms with Crippen LogP contribution in [0, 0.1) is 20.8 Å². The van der Waals surface area contributed by atoms with Gasteiger partial charge < -0.3 is 9.67 Å². The van der Waals surface area contributed by atoms with Gasteiger partial charge in [-0.05, 0) is 44.5 Å². The van der Waals surface area contributed by atoms with Crippen molar-refractivity contribution in [2.75, 3.05) is 0 Å². The lowest BCUT2D eigenvalue weighted by Gasteiger charge is -2.10. The summed E-state index contributed by atoms with van der Waals surface area (Å²) in [6.45, 7) is 6.29. The van der Waals surface area contributed by atoms with Crippen molar-refractivity contribution in [3.8, 4) is 5.69 Å². The Balaban J connectivity index is 2.55. The molecular formula is C14H17NO. The maximum absolute atomic E-state index is 9.23. The number of aromatic nitrogens is 1.